The van der Waals surface area contributed by atoms with Crippen molar-refractivity contribution < 1.29 is 22.4 Å². The Bertz CT molecular complexity index is 1420. The Kier molecular flexibility index (Phi) is 7.76. The number of esters is 1. The van der Waals surface area contributed by atoms with Crippen molar-refractivity contribution in [2.75, 3.05) is 11.3 Å². The van der Waals surface area contributed by atoms with Crippen molar-refractivity contribution in [3.05, 3.63) is 72.0 Å². The normalized spacial score (nSPS) is 11.7. The van der Waals surface area contributed by atoms with Crippen molar-refractivity contribution in [1.82, 2.24) is 0 Å². The summed E-state index contributed by atoms with van der Waals surface area (Å²) in [6.07, 6.45) is 6.59. The van der Waals surface area contributed by atoms with Crippen LogP contribution in [0.4, 0.5) is 5.69 Å². The zero-order chi connectivity index (χ0) is 24.8. The molecule has 4 aromatic rings. The van der Waals surface area contributed by atoms with Crippen LogP contribution in [0.3, 0.4) is 0 Å². The van der Waals surface area contributed by atoms with Crippen molar-refractivity contribution in [1.29, 1.82) is 0 Å². The van der Waals surface area contributed by atoms with Crippen molar-refractivity contribution in [2.24, 2.45) is 0 Å². The Labute approximate surface area is 206 Å². The van der Waals surface area contributed by atoms with Crippen molar-refractivity contribution in [2.45, 2.75) is 57.3 Å². The molecule has 6 nitrogen and oxygen atoms in total. The molecule has 4 rings (SSSR count). The lowest BCUT2D eigenvalue weighted by Crippen LogP contribution is -2.13. The zero-order valence-corrected chi connectivity index (χ0v) is 21.0. The summed E-state index contributed by atoms with van der Waals surface area (Å²) in [5.41, 5.74) is 1.24. The van der Waals surface area contributed by atoms with Crippen LogP contribution in [0.25, 0.3) is 21.7 Å². The number of ether oxygens (including phenoxy) is 1. The highest BCUT2D eigenvalue weighted by Gasteiger charge is 2.24. The van der Waals surface area contributed by atoms with Gasteiger partial charge >= 0.3 is 5.97 Å². The molecule has 0 aliphatic heterocycles. The van der Waals surface area contributed by atoms with Crippen LogP contribution in [-0.2, 0) is 14.8 Å². The molecular formula is C28H31NO5S. The molecule has 0 radical (unpaired) electrons. The molecule has 1 N–H and O–H groups in total. The van der Waals surface area contributed by atoms with E-state index in [1.54, 1.807) is 31.2 Å². The minimum atomic E-state index is -3.82. The number of carbonyl (C=O) groups excluding carboxylic acids is 1. The lowest BCUT2D eigenvalue weighted by atomic mass is 10.0. The first-order valence-corrected chi connectivity index (χ1v) is 13.6. The smallest absolute Gasteiger partial charge is 0.342 e. The van der Waals surface area contributed by atoms with Crippen LogP contribution in [0, 0.1) is 6.92 Å². The highest BCUT2D eigenvalue weighted by molar-refractivity contribution is 7.92. The van der Waals surface area contributed by atoms with E-state index in [2.05, 4.69) is 11.6 Å². The second kappa shape index (κ2) is 11.0. The van der Waals surface area contributed by atoms with E-state index >= 15 is 0 Å². The van der Waals surface area contributed by atoms with E-state index in [1.807, 2.05) is 24.3 Å². The first kappa shape index (κ1) is 24.8. The molecule has 1 aromatic heterocycles. The van der Waals surface area contributed by atoms with E-state index in [9.17, 15) is 13.2 Å². The van der Waals surface area contributed by atoms with E-state index in [-0.39, 0.29) is 4.90 Å². The summed E-state index contributed by atoms with van der Waals surface area (Å²) in [4.78, 5) is 13.2. The van der Waals surface area contributed by atoms with Crippen molar-refractivity contribution in [3.63, 3.8) is 0 Å². The van der Waals surface area contributed by atoms with Gasteiger partial charge in [0, 0.05) is 16.2 Å². The number of aryl methyl sites for hydroxylation is 1. The van der Waals surface area contributed by atoms with Gasteiger partial charge in [-0.15, -0.1) is 0 Å². The molecule has 7 heteroatoms. The maximum Gasteiger partial charge on any atom is 0.342 e. The van der Waals surface area contributed by atoms with E-state index in [0.29, 0.717) is 45.4 Å². The molecule has 1 heterocycles. The van der Waals surface area contributed by atoms with E-state index in [4.69, 9.17) is 9.15 Å². The Balaban J connectivity index is 1.65. The molecule has 35 heavy (non-hydrogen) atoms. The third-order valence-electron chi connectivity index (χ3n) is 6.10. The number of nitrogens with one attached hydrogen (secondary N) is 1. The van der Waals surface area contributed by atoms with Crippen LogP contribution in [0.1, 0.15) is 61.6 Å². The maximum absolute atomic E-state index is 13.0. The summed E-state index contributed by atoms with van der Waals surface area (Å²) in [6, 6.07) is 17.2. The third-order valence-corrected chi connectivity index (χ3v) is 7.49. The van der Waals surface area contributed by atoms with Gasteiger partial charge in [0.05, 0.1) is 17.2 Å². The number of fused-ring (bicyclic) bond motifs is 3. The summed E-state index contributed by atoms with van der Waals surface area (Å²) >= 11 is 0. The molecule has 0 atom stereocenters. The fraction of sp³-hybridized carbons (Fsp3) is 0.321. The van der Waals surface area contributed by atoms with Gasteiger partial charge in [-0.25, -0.2) is 13.2 Å². The van der Waals surface area contributed by atoms with Gasteiger partial charge in [0.2, 0.25) is 0 Å². The highest BCUT2D eigenvalue weighted by Crippen LogP contribution is 2.37. The van der Waals surface area contributed by atoms with Crippen LogP contribution in [-0.4, -0.2) is 21.0 Å². The fourth-order valence-electron chi connectivity index (χ4n) is 4.30. The summed E-state index contributed by atoms with van der Waals surface area (Å²) in [5.74, 6) is -0.0110. The Morgan fingerprint density at radius 2 is 1.54 bits per heavy atom. The number of hydrogen-bond donors (Lipinski definition) is 1. The molecule has 184 valence electrons. The maximum atomic E-state index is 13.0. The largest absolute Gasteiger partial charge is 0.462 e. The average molecular weight is 494 g/mol. The Morgan fingerprint density at radius 3 is 2.29 bits per heavy atom. The minimum absolute atomic E-state index is 0.158. The lowest BCUT2D eigenvalue weighted by Gasteiger charge is -2.12. The van der Waals surface area contributed by atoms with Crippen LogP contribution < -0.4 is 4.72 Å². The van der Waals surface area contributed by atoms with Crippen molar-refractivity contribution >= 4 is 43.4 Å². The standard InChI is InChI=1S/C28H31NO5S/c1-3-4-5-6-7-13-18-33-28(30)26-20(2)34-27-23-17-12-11-16-22(23)25(19-24(26)27)29-35(31,32)21-14-9-8-10-15-21/h8-12,14-17,19,29H,3-7,13,18H2,1-2H3. The number of rotatable bonds is 11. The molecule has 0 saturated heterocycles. The highest BCUT2D eigenvalue weighted by atomic mass is 32.2. The van der Waals surface area contributed by atoms with Crippen LogP contribution in [0.15, 0.2) is 70.0 Å². The van der Waals surface area contributed by atoms with Gasteiger partial charge in [-0.2, -0.15) is 0 Å². The van der Waals surface area contributed by atoms with Gasteiger partial charge in [0.25, 0.3) is 10.0 Å². The monoisotopic (exact) mass is 493 g/mol. The average Bonchev–Trinajstić information content (AvgIpc) is 3.19. The number of unbranched alkanes of at least 4 members (excludes halogenated alkanes) is 5. The number of hydrogen-bond acceptors (Lipinski definition) is 5. The predicted molar refractivity (Wildman–Crippen MR) is 139 cm³/mol. The molecule has 0 spiro atoms. The summed E-state index contributed by atoms with van der Waals surface area (Å²) in [6.45, 7) is 4.25. The van der Waals surface area contributed by atoms with Crippen molar-refractivity contribution in [3.8, 4) is 0 Å². The molecule has 0 amide bonds. The predicted octanol–water partition coefficient (Wildman–Crippen LogP) is 7.21. The topological polar surface area (TPSA) is 85.6 Å². The first-order valence-electron chi connectivity index (χ1n) is 12.1. The molecule has 0 unspecified atom stereocenters. The molecule has 0 bridgehead atoms. The number of furan rings is 1. The lowest BCUT2D eigenvalue weighted by molar-refractivity contribution is 0.0497. The number of anilines is 1. The van der Waals surface area contributed by atoms with E-state index in [1.165, 1.54) is 31.4 Å². The van der Waals surface area contributed by atoms with Gasteiger partial charge in [-0.3, -0.25) is 4.72 Å². The van der Waals surface area contributed by atoms with Crippen LogP contribution in [0.5, 0.6) is 0 Å². The number of benzene rings is 3. The summed E-state index contributed by atoms with van der Waals surface area (Å²) in [7, 11) is -3.82. The zero-order valence-electron chi connectivity index (χ0n) is 20.2. The molecule has 0 saturated carbocycles. The first-order chi connectivity index (χ1) is 16.9. The summed E-state index contributed by atoms with van der Waals surface area (Å²) < 4.78 is 40.4. The fourth-order valence-corrected chi connectivity index (χ4v) is 5.39. The quantitative estimate of drug-likeness (QED) is 0.176. The third kappa shape index (κ3) is 5.51. The molecule has 0 fully saturated rings. The Morgan fingerprint density at radius 1 is 0.886 bits per heavy atom. The molecule has 3 aromatic carbocycles. The van der Waals surface area contributed by atoms with Gasteiger partial charge < -0.3 is 9.15 Å². The SMILES string of the molecule is CCCCCCCCOC(=O)c1c(C)oc2c1cc(NS(=O)(=O)c1ccccc1)c1ccccc12. The number of sulfonamides is 1. The number of carbonyl (C=O) groups is 1. The molecular weight excluding hydrogens is 462 g/mol. The Hall–Kier alpha value is -3.32. The second-order valence-corrected chi connectivity index (χ2v) is 10.4. The minimum Gasteiger partial charge on any atom is -0.462 e. The molecule has 0 aliphatic carbocycles. The van der Waals surface area contributed by atoms with Gasteiger partial charge in [-0.05, 0) is 31.5 Å². The molecule has 0 aliphatic rings. The second-order valence-electron chi connectivity index (χ2n) is 8.70. The summed E-state index contributed by atoms with van der Waals surface area (Å²) in [5, 5.41) is 1.92. The van der Waals surface area contributed by atoms with Crippen LogP contribution >= 0.6 is 0 Å². The van der Waals surface area contributed by atoms with E-state index in [0.717, 1.165) is 19.3 Å². The van der Waals surface area contributed by atoms with Crippen LogP contribution in [0.2, 0.25) is 0 Å². The van der Waals surface area contributed by atoms with Gasteiger partial charge in [-0.1, -0.05) is 81.5 Å². The van der Waals surface area contributed by atoms with E-state index < -0.39 is 16.0 Å². The van der Waals surface area contributed by atoms with Gasteiger partial charge in [0.15, 0.2) is 0 Å². The van der Waals surface area contributed by atoms with Gasteiger partial charge in [0.1, 0.15) is 16.9 Å².